The molecule has 16 heavy (non-hydrogen) atoms. The Kier molecular flexibility index (Phi) is 2.76. The third kappa shape index (κ3) is 2.12. The molecule has 2 rings (SSSR count). The topological polar surface area (TPSA) is 93.5 Å². The Bertz CT molecular complexity index is 586. The highest BCUT2D eigenvalue weighted by Crippen LogP contribution is 2.22. The van der Waals surface area contributed by atoms with Gasteiger partial charge in [-0.15, -0.1) is 0 Å². The molecule has 0 saturated heterocycles. The molecule has 0 bridgehead atoms. The number of rotatable bonds is 3. The Labute approximate surface area is 94.1 Å². The fraction of sp³-hybridized carbons (Fsp3) is 0.200. The second kappa shape index (κ2) is 4.07. The molecule has 3 N–H and O–H groups in total. The summed E-state index contributed by atoms with van der Waals surface area (Å²) in [7, 11) is 0. The van der Waals surface area contributed by atoms with Crippen LogP contribution in [0.25, 0.3) is 10.3 Å². The van der Waals surface area contributed by atoms with Crippen molar-refractivity contribution in [2.24, 2.45) is 5.73 Å². The normalized spacial score (nSPS) is 12.8. The minimum Gasteiger partial charge on any atom is -0.481 e. The number of carboxylic acid groups (broad SMARTS) is 1. The highest BCUT2D eigenvalue weighted by Gasteiger charge is 2.12. The Morgan fingerprint density at radius 3 is 3.00 bits per heavy atom. The zero-order chi connectivity index (χ0) is 11.7. The predicted molar refractivity (Wildman–Crippen MR) is 59.5 cm³/mol. The minimum absolute atomic E-state index is 0.153. The van der Waals surface area contributed by atoms with E-state index in [1.54, 1.807) is 18.2 Å². The van der Waals surface area contributed by atoms with Gasteiger partial charge >= 0.3 is 10.9 Å². The van der Waals surface area contributed by atoms with Gasteiger partial charge in [-0.3, -0.25) is 4.79 Å². The first kappa shape index (κ1) is 10.8. The molecule has 0 amide bonds. The maximum absolute atomic E-state index is 11.0. The van der Waals surface area contributed by atoms with Crippen molar-refractivity contribution in [3.05, 3.63) is 33.5 Å². The summed E-state index contributed by atoms with van der Waals surface area (Å²) >= 11 is 1.01. The minimum atomic E-state index is -0.959. The molecule has 1 aromatic heterocycles. The lowest BCUT2D eigenvalue weighted by Crippen LogP contribution is -2.14. The molecule has 0 aliphatic carbocycles. The average Bonchev–Trinajstić information content (AvgIpc) is 2.55. The van der Waals surface area contributed by atoms with Crippen LogP contribution in [0, 0.1) is 0 Å². The lowest BCUT2D eigenvalue weighted by Gasteiger charge is -2.08. The lowest BCUT2D eigenvalue weighted by molar-refractivity contribution is -0.137. The van der Waals surface area contributed by atoms with Crippen LogP contribution in [0.15, 0.2) is 27.4 Å². The zero-order valence-electron chi connectivity index (χ0n) is 8.17. The summed E-state index contributed by atoms with van der Waals surface area (Å²) < 4.78 is 5.66. The van der Waals surface area contributed by atoms with Crippen molar-refractivity contribution < 1.29 is 14.3 Å². The standard InChI is InChI=1S/C10H9NO4S/c11-6(4-9(12)13)5-1-2-8-7(3-5)15-10(14)16-8/h1-3,6H,4,11H2,(H,12,13). The van der Waals surface area contributed by atoms with Crippen molar-refractivity contribution in [2.45, 2.75) is 12.5 Å². The van der Waals surface area contributed by atoms with Crippen LogP contribution in [0.5, 0.6) is 0 Å². The van der Waals surface area contributed by atoms with Crippen molar-refractivity contribution in [3.8, 4) is 0 Å². The van der Waals surface area contributed by atoms with Gasteiger partial charge in [-0.2, -0.15) is 0 Å². The number of carboxylic acids is 1. The fourth-order valence-corrected chi connectivity index (χ4v) is 2.07. The van der Waals surface area contributed by atoms with E-state index in [0.717, 1.165) is 16.0 Å². The number of hydrogen-bond acceptors (Lipinski definition) is 5. The molecule has 5 nitrogen and oxygen atoms in total. The first-order valence-corrected chi connectivity index (χ1v) is 5.39. The quantitative estimate of drug-likeness (QED) is 0.842. The van der Waals surface area contributed by atoms with E-state index in [0.29, 0.717) is 11.1 Å². The van der Waals surface area contributed by atoms with Gasteiger partial charge < -0.3 is 15.3 Å². The number of nitrogens with two attached hydrogens (primary N) is 1. The van der Waals surface area contributed by atoms with Gasteiger partial charge in [0.2, 0.25) is 0 Å². The summed E-state index contributed by atoms with van der Waals surface area (Å²) in [5.74, 6) is -0.959. The average molecular weight is 239 g/mol. The van der Waals surface area contributed by atoms with Gasteiger partial charge in [-0.1, -0.05) is 17.4 Å². The summed E-state index contributed by atoms with van der Waals surface area (Å²) in [6.07, 6.45) is -0.153. The molecule has 0 radical (unpaired) electrons. The van der Waals surface area contributed by atoms with Crippen molar-refractivity contribution in [1.82, 2.24) is 0 Å². The van der Waals surface area contributed by atoms with Crippen LogP contribution >= 0.6 is 11.3 Å². The highest BCUT2D eigenvalue weighted by atomic mass is 32.1. The van der Waals surface area contributed by atoms with Gasteiger partial charge in [0.25, 0.3) is 0 Å². The van der Waals surface area contributed by atoms with Crippen LogP contribution < -0.4 is 10.7 Å². The monoisotopic (exact) mass is 239 g/mol. The van der Waals surface area contributed by atoms with Crippen molar-refractivity contribution >= 4 is 27.6 Å². The molecule has 6 heteroatoms. The molecule has 0 aliphatic heterocycles. The van der Waals surface area contributed by atoms with Gasteiger partial charge in [0.1, 0.15) is 5.58 Å². The molecule has 84 valence electrons. The third-order valence-electron chi connectivity index (χ3n) is 2.18. The molecule has 2 aromatic rings. The first-order chi connectivity index (χ1) is 7.56. The Morgan fingerprint density at radius 2 is 2.31 bits per heavy atom. The Hall–Kier alpha value is -1.66. The van der Waals surface area contributed by atoms with Gasteiger partial charge in [0, 0.05) is 6.04 Å². The largest absolute Gasteiger partial charge is 0.481 e. The predicted octanol–water partition coefficient (Wildman–Crippen LogP) is 1.33. The fourth-order valence-electron chi connectivity index (χ4n) is 1.43. The highest BCUT2D eigenvalue weighted by molar-refractivity contribution is 7.16. The van der Waals surface area contributed by atoms with Crippen molar-refractivity contribution in [1.29, 1.82) is 0 Å². The second-order valence-electron chi connectivity index (χ2n) is 3.36. The molecule has 1 unspecified atom stereocenters. The van der Waals surface area contributed by atoms with E-state index in [9.17, 15) is 9.59 Å². The van der Waals surface area contributed by atoms with Crippen LogP contribution in [0.4, 0.5) is 0 Å². The van der Waals surface area contributed by atoms with E-state index in [2.05, 4.69) is 0 Å². The molecule has 1 atom stereocenters. The van der Waals surface area contributed by atoms with Crippen molar-refractivity contribution in [3.63, 3.8) is 0 Å². The molecule has 1 heterocycles. The van der Waals surface area contributed by atoms with E-state index >= 15 is 0 Å². The maximum atomic E-state index is 11.0. The van der Waals surface area contributed by atoms with E-state index in [-0.39, 0.29) is 11.4 Å². The van der Waals surface area contributed by atoms with Gasteiger partial charge in [-0.05, 0) is 17.7 Å². The van der Waals surface area contributed by atoms with Crippen LogP contribution in [-0.2, 0) is 4.79 Å². The van der Waals surface area contributed by atoms with E-state index in [4.69, 9.17) is 15.3 Å². The van der Waals surface area contributed by atoms with E-state index in [1.165, 1.54) is 0 Å². The first-order valence-electron chi connectivity index (χ1n) is 4.57. The molecular weight excluding hydrogens is 230 g/mol. The number of fused-ring (bicyclic) bond motifs is 1. The van der Waals surface area contributed by atoms with Gasteiger partial charge in [0.15, 0.2) is 0 Å². The smallest absolute Gasteiger partial charge is 0.396 e. The van der Waals surface area contributed by atoms with Crippen LogP contribution in [0.2, 0.25) is 0 Å². The van der Waals surface area contributed by atoms with Crippen LogP contribution in [0.1, 0.15) is 18.0 Å². The lowest BCUT2D eigenvalue weighted by atomic mass is 10.1. The third-order valence-corrected chi connectivity index (χ3v) is 2.98. The zero-order valence-corrected chi connectivity index (χ0v) is 8.99. The van der Waals surface area contributed by atoms with Gasteiger partial charge in [0.05, 0.1) is 11.1 Å². The number of hydrogen-bond donors (Lipinski definition) is 2. The van der Waals surface area contributed by atoms with Crippen molar-refractivity contribution in [2.75, 3.05) is 0 Å². The summed E-state index contributed by atoms with van der Waals surface area (Å²) in [6, 6.07) is 4.44. The summed E-state index contributed by atoms with van der Waals surface area (Å²) in [6.45, 7) is 0. The molecule has 0 saturated carbocycles. The SMILES string of the molecule is NC(CC(=O)O)c1ccc2sc(=O)oc2c1. The summed E-state index contributed by atoms with van der Waals surface area (Å²) in [5, 5.41) is 8.61. The molecule has 0 fully saturated rings. The van der Waals surface area contributed by atoms with Gasteiger partial charge in [-0.25, -0.2) is 4.79 Å². The summed E-state index contributed by atoms with van der Waals surface area (Å²) in [5.41, 5.74) is 6.80. The molecule has 1 aromatic carbocycles. The van der Waals surface area contributed by atoms with Crippen LogP contribution in [-0.4, -0.2) is 11.1 Å². The van der Waals surface area contributed by atoms with E-state index < -0.39 is 12.0 Å². The molecule has 0 aliphatic rings. The number of benzene rings is 1. The Morgan fingerprint density at radius 1 is 1.56 bits per heavy atom. The Balaban J connectivity index is 2.38. The van der Waals surface area contributed by atoms with Crippen LogP contribution in [0.3, 0.4) is 0 Å². The maximum Gasteiger partial charge on any atom is 0.396 e. The molecule has 0 spiro atoms. The van der Waals surface area contributed by atoms with E-state index in [1.807, 2.05) is 0 Å². The summed E-state index contributed by atoms with van der Waals surface area (Å²) in [4.78, 5) is 21.1. The number of carbonyl (C=O) groups is 1. The number of aliphatic carboxylic acids is 1. The second-order valence-corrected chi connectivity index (χ2v) is 4.34. The molecular formula is C10H9NO4S.